The molecule has 0 spiro atoms. The lowest BCUT2D eigenvalue weighted by molar-refractivity contribution is 0.570. The molecule has 2 N–H and O–H groups in total. The highest BCUT2D eigenvalue weighted by atomic mass is 32.2. The number of sulfonamides is 2. The summed E-state index contributed by atoms with van der Waals surface area (Å²) in [5.74, 6) is -0.941. The maximum absolute atomic E-state index is 14.0. The second-order valence-corrected chi connectivity index (χ2v) is 11.2. The monoisotopic (exact) mass is 493 g/mol. The molecule has 8 nitrogen and oxygen atoms in total. The number of rotatable bonds is 6. The number of aryl methyl sites for hydroxylation is 1. The molecule has 0 atom stereocenters. The van der Waals surface area contributed by atoms with Gasteiger partial charge in [-0.15, -0.1) is 0 Å². The lowest BCUT2D eigenvalue weighted by Gasteiger charge is -2.15. The SMILES string of the molecule is Cn1sc(=O)c2cc(S(=O)(=O)Nc3ccccc3NS(=O)(=O)c3ccccc3F)ccc21. The second kappa shape index (κ2) is 8.04. The molecule has 0 aliphatic carbocycles. The molecule has 1 aromatic heterocycles. The van der Waals surface area contributed by atoms with Crippen molar-refractivity contribution in [1.29, 1.82) is 0 Å². The van der Waals surface area contributed by atoms with E-state index in [1.807, 2.05) is 0 Å². The van der Waals surface area contributed by atoms with Crippen molar-refractivity contribution < 1.29 is 21.2 Å². The van der Waals surface area contributed by atoms with Crippen LogP contribution in [0.3, 0.4) is 0 Å². The number of nitrogens with zero attached hydrogens (tertiary/aromatic N) is 1. The van der Waals surface area contributed by atoms with Gasteiger partial charge in [0.2, 0.25) is 0 Å². The molecule has 0 unspecified atom stereocenters. The van der Waals surface area contributed by atoms with Crippen LogP contribution in [0.2, 0.25) is 0 Å². The molecule has 0 radical (unpaired) electrons. The minimum Gasteiger partial charge on any atom is -0.297 e. The molecule has 12 heteroatoms. The second-order valence-electron chi connectivity index (χ2n) is 6.74. The Hall–Kier alpha value is -3.22. The Labute approximate surface area is 187 Å². The van der Waals surface area contributed by atoms with Gasteiger partial charge in [0.15, 0.2) is 0 Å². The van der Waals surface area contributed by atoms with Crippen LogP contribution in [-0.2, 0) is 27.1 Å². The summed E-state index contributed by atoms with van der Waals surface area (Å²) in [4.78, 5) is 11.4. The van der Waals surface area contributed by atoms with Gasteiger partial charge in [-0.05, 0) is 54.0 Å². The van der Waals surface area contributed by atoms with E-state index in [0.717, 1.165) is 23.7 Å². The number of hydrogen-bond acceptors (Lipinski definition) is 6. The van der Waals surface area contributed by atoms with E-state index >= 15 is 0 Å². The average Bonchev–Trinajstić information content (AvgIpc) is 3.02. The largest absolute Gasteiger partial charge is 0.297 e. The summed E-state index contributed by atoms with van der Waals surface area (Å²) in [5.41, 5.74) is 0.439. The molecule has 32 heavy (non-hydrogen) atoms. The van der Waals surface area contributed by atoms with Crippen LogP contribution in [0.1, 0.15) is 0 Å². The third-order valence-corrected chi connectivity index (χ3v) is 8.22. The average molecular weight is 494 g/mol. The quantitative estimate of drug-likeness (QED) is 0.428. The molecule has 3 aromatic carbocycles. The van der Waals surface area contributed by atoms with Crippen molar-refractivity contribution in [2.45, 2.75) is 9.79 Å². The van der Waals surface area contributed by atoms with Gasteiger partial charge in [0.25, 0.3) is 24.8 Å². The molecule has 0 fully saturated rings. The summed E-state index contributed by atoms with van der Waals surface area (Å²) in [6, 6.07) is 14.7. The normalized spacial score (nSPS) is 12.1. The number of anilines is 2. The van der Waals surface area contributed by atoms with Crippen LogP contribution in [0.25, 0.3) is 10.9 Å². The molecule has 0 aliphatic rings. The van der Waals surface area contributed by atoms with Crippen molar-refractivity contribution in [3.05, 3.63) is 82.1 Å². The van der Waals surface area contributed by atoms with Crippen LogP contribution in [-0.4, -0.2) is 20.8 Å². The first kappa shape index (κ1) is 22.0. The van der Waals surface area contributed by atoms with E-state index in [-0.39, 0.29) is 26.4 Å². The Bertz CT molecular complexity index is 1610. The first-order valence-corrected chi connectivity index (χ1v) is 12.8. The van der Waals surface area contributed by atoms with Crippen LogP contribution in [0.15, 0.2) is 81.3 Å². The third kappa shape index (κ3) is 4.11. The van der Waals surface area contributed by atoms with E-state index in [4.69, 9.17) is 0 Å². The fourth-order valence-electron chi connectivity index (χ4n) is 3.07. The number of hydrogen-bond donors (Lipinski definition) is 2. The Morgan fingerprint density at radius 2 is 1.44 bits per heavy atom. The van der Waals surface area contributed by atoms with Gasteiger partial charge in [0, 0.05) is 7.05 Å². The van der Waals surface area contributed by atoms with Crippen LogP contribution in [0.4, 0.5) is 15.8 Å². The molecule has 0 aliphatic heterocycles. The van der Waals surface area contributed by atoms with Gasteiger partial charge in [-0.1, -0.05) is 24.3 Å². The zero-order chi connectivity index (χ0) is 23.1. The van der Waals surface area contributed by atoms with E-state index in [2.05, 4.69) is 9.44 Å². The van der Waals surface area contributed by atoms with E-state index < -0.39 is 30.8 Å². The summed E-state index contributed by atoms with van der Waals surface area (Å²) in [7, 11) is -6.79. The number of benzene rings is 3. The third-order valence-electron chi connectivity index (χ3n) is 4.60. The maximum Gasteiger partial charge on any atom is 0.264 e. The van der Waals surface area contributed by atoms with Gasteiger partial charge in [-0.2, -0.15) is 0 Å². The molecular formula is C20H16FN3O5S3. The maximum atomic E-state index is 14.0. The van der Waals surface area contributed by atoms with Crippen molar-refractivity contribution in [2.24, 2.45) is 7.05 Å². The number of fused-ring (bicyclic) bond motifs is 1. The van der Waals surface area contributed by atoms with Gasteiger partial charge in [-0.25, -0.2) is 21.2 Å². The van der Waals surface area contributed by atoms with E-state index in [0.29, 0.717) is 5.52 Å². The van der Waals surface area contributed by atoms with Crippen molar-refractivity contribution >= 4 is 53.9 Å². The molecular weight excluding hydrogens is 477 g/mol. The van der Waals surface area contributed by atoms with Crippen LogP contribution >= 0.6 is 11.5 Å². The van der Waals surface area contributed by atoms with Crippen LogP contribution in [0.5, 0.6) is 0 Å². The lowest BCUT2D eigenvalue weighted by atomic mass is 10.2. The zero-order valence-electron chi connectivity index (χ0n) is 16.4. The molecule has 1 heterocycles. The summed E-state index contributed by atoms with van der Waals surface area (Å²) < 4.78 is 71.0. The number of para-hydroxylation sites is 2. The summed E-state index contributed by atoms with van der Waals surface area (Å²) in [6.45, 7) is 0. The highest BCUT2D eigenvalue weighted by molar-refractivity contribution is 7.93. The topological polar surface area (TPSA) is 114 Å². The fourth-order valence-corrected chi connectivity index (χ4v) is 6.10. The van der Waals surface area contributed by atoms with Gasteiger partial charge in [-0.3, -0.25) is 18.2 Å². The predicted molar refractivity (Wildman–Crippen MR) is 122 cm³/mol. The predicted octanol–water partition coefficient (Wildman–Crippen LogP) is 3.34. The number of nitrogens with one attached hydrogen (secondary N) is 2. The Balaban J connectivity index is 1.70. The Morgan fingerprint density at radius 1 is 0.844 bits per heavy atom. The van der Waals surface area contributed by atoms with Crippen LogP contribution < -0.4 is 14.2 Å². The Kier molecular flexibility index (Phi) is 5.53. The van der Waals surface area contributed by atoms with Gasteiger partial charge in [0.1, 0.15) is 10.7 Å². The highest BCUT2D eigenvalue weighted by Gasteiger charge is 2.22. The van der Waals surface area contributed by atoms with E-state index in [1.165, 1.54) is 54.6 Å². The fraction of sp³-hybridized carbons (Fsp3) is 0.0500. The molecule has 0 bridgehead atoms. The standard InChI is InChI=1S/C20H16FN3O5S3/c1-24-18-11-10-13(12-14(18)20(25)30-24)31(26,27)22-16-7-3-4-8-17(16)23-32(28,29)19-9-5-2-6-15(19)21/h2-12,22-23H,1H3. The van der Waals surface area contributed by atoms with Gasteiger partial charge >= 0.3 is 0 Å². The molecule has 4 rings (SSSR count). The number of aromatic nitrogens is 1. The molecule has 166 valence electrons. The molecule has 0 saturated heterocycles. The zero-order valence-corrected chi connectivity index (χ0v) is 18.9. The van der Waals surface area contributed by atoms with Gasteiger partial charge in [0.05, 0.1) is 27.2 Å². The van der Waals surface area contributed by atoms with Crippen molar-refractivity contribution in [3.63, 3.8) is 0 Å². The minimum absolute atomic E-state index is 0.0641. The smallest absolute Gasteiger partial charge is 0.264 e. The summed E-state index contributed by atoms with van der Waals surface area (Å²) in [6.07, 6.45) is 0. The summed E-state index contributed by atoms with van der Waals surface area (Å²) >= 11 is 0.952. The van der Waals surface area contributed by atoms with E-state index in [9.17, 15) is 26.0 Å². The first-order chi connectivity index (χ1) is 15.1. The van der Waals surface area contributed by atoms with Crippen LogP contribution in [0, 0.1) is 5.82 Å². The Morgan fingerprint density at radius 3 is 2.09 bits per heavy atom. The van der Waals surface area contributed by atoms with Gasteiger partial charge < -0.3 is 0 Å². The van der Waals surface area contributed by atoms with Crippen molar-refractivity contribution in [2.75, 3.05) is 9.44 Å². The molecule has 0 saturated carbocycles. The molecule has 4 aromatic rings. The summed E-state index contributed by atoms with van der Waals surface area (Å²) in [5, 5.41) is 0.258. The highest BCUT2D eigenvalue weighted by Crippen LogP contribution is 2.28. The van der Waals surface area contributed by atoms with Crippen molar-refractivity contribution in [1.82, 2.24) is 3.96 Å². The number of halogens is 1. The lowest BCUT2D eigenvalue weighted by Crippen LogP contribution is -2.18. The van der Waals surface area contributed by atoms with E-state index in [1.54, 1.807) is 11.0 Å². The minimum atomic E-state index is -4.32. The molecule has 0 amide bonds. The first-order valence-electron chi connectivity index (χ1n) is 9.08. The van der Waals surface area contributed by atoms with Crippen molar-refractivity contribution in [3.8, 4) is 0 Å².